The molecule has 0 radical (unpaired) electrons. The predicted octanol–water partition coefficient (Wildman–Crippen LogP) is 8.62. The van der Waals surface area contributed by atoms with Gasteiger partial charge in [-0.3, -0.25) is 0 Å². The molecule has 30 heavy (non-hydrogen) atoms. The zero-order valence-corrected chi connectivity index (χ0v) is 17.1. The molecule has 0 amide bonds. The Morgan fingerprint density at radius 3 is 2.07 bits per heavy atom. The van der Waals surface area contributed by atoms with Crippen molar-refractivity contribution in [2.24, 2.45) is 0 Å². The zero-order valence-electron chi connectivity index (χ0n) is 16.3. The normalized spacial score (nSPS) is 11.3. The molecule has 1 N–H and O–H groups in total. The van der Waals surface area contributed by atoms with E-state index in [4.69, 9.17) is 0 Å². The number of hydrogen-bond acceptors (Lipinski definition) is 2. The van der Waals surface area contributed by atoms with Crippen LogP contribution in [-0.2, 0) is 0 Å². The second kappa shape index (κ2) is 7.01. The number of fused-ring (bicyclic) bond motifs is 4. The topological polar surface area (TPSA) is 12.0 Å². The van der Waals surface area contributed by atoms with Crippen LogP contribution in [0, 0.1) is 0 Å². The summed E-state index contributed by atoms with van der Waals surface area (Å²) in [5.74, 6) is 0. The third kappa shape index (κ3) is 2.85. The van der Waals surface area contributed by atoms with Crippen LogP contribution < -0.4 is 5.32 Å². The molecule has 142 valence electrons. The van der Waals surface area contributed by atoms with Gasteiger partial charge >= 0.3 is 0 Å². The quantitative estimate of drug-likeness (QED) is 0.313. The molecule has 6 rings (SSSR count). The average molecular weight is 402 g/mol. The minimum Gasteiger partial charge on any atom is -0.355 e. The molecule has 0 saturated carbocycles. The molecule has 5 aromatic carbocycles. The Morgan fingerprint density at radius 2 is 1.20 bits per heavy atom. The van der Waals surface area contributed by atoms with Gasteiger partial charge in [-0.2, -0.15) is 0 Å². The average Bonchev–Trinajstić information content (AvgIpc) is 3.18. The first-order chi connectivity index (χ1) is 14.9. The van der Waals surface area contributed by atoms with E-state index in [1.807, 2.05) is 17.4 Å². The summed E-state index contributed by atoms with van der Waals surface area (Å²) in [4.78, 5) is 0. The van der Waals surface area contributed by atoms with Crippen LogP contribution in [0.15, 0.2) is 109 Å². The number of anilines is 2. The Labute approximate surface area is 179 Å². The molecule has 1 nitrogen and oxygen atoms in total. The highest BCUT2D eigenvalue weighted by Crippen LogP contribution is 2.39. The van der Waals surface area contributed by atoms with E-state index in [-0.39, 0.29) is 0 Å². The van der Waals surface area contributed by atoms with Crippen molar-refractivity contribution < 1.29 is 0 Å². The Morgan fingerprint density at radius 1 is 0.500 bits per heavy atom. The summed E-state index contributed by atoms with van der Waals surface area (Å²) >= 11 is 1.86. The molecule has 1 aromatic heterocycles. The first-order valence-electron chi connectivity index (χ1n) is 10.1. The van der Waals surface area contributed by atoms with Crippen molar-refractivity contribution >= 4 is 53.7 Å². The van der Waals surface area contributed by atoms with Gasteiger partial charge in [0.15, 0.2) is 0 Å². The van der Waals surface area contributed by atoms with E-state index in [9.17, 15) is 0 Å². The first kappa shape index (κ1) is 17.3. The van der Waals surface area contributed by atoms with Gasteiger partial charge < -0.3 is 5.32 Å². The molecule has 0 fully saturated rings. The zero-order chi connectivity index (χ0) is 19.9. The van der Waals surface area contributed by atoms with Crippen LogP contribution in [-0.4, -0.2) is 0 Å². The Bertz CT molecular complexity index is 1510. The van der Waals surface area contributed by atoms with Crippen molar-refractivity contribution in [3.05, 3.63) is 109 Å². The Hall–Kier alpha value is -3.62. The van der Waals surface area contributed by atoms with Gasteiger partial charge in [0.05, 0.1) is 0 Å². The van der Waals surface area contributed by atoms with Crippen molar-refractivity contribution in [2.45, 2.75) is 0 Å². The first-order valence-corrected chi connectivity index (χ1v) is 10.9. The molecule has 1 heterocycles. The summed E-state index contributed by atoms with van der Waals surface area (Å²) in [6.45, 7) is 0. The SMILES string of the molecule is c1ccc(Nc2ccc(-c3ccc4sc5ccccc5c4c3)c3ccccc23)cc1. The van der Waals surface area contributed by atoms with Crippen LogP contribution in [0.2, 0.25) is 0 Å². The second-order valence-electron chi connectivity index (χ2n) is 7.51. The van der Waals surface area contributed by atoms with Crippen LogP contribution in [0.25, 0.3) is 42.1 Å². The van der Waals surface area contributed by atoms with Crippen molar-refractivity contribution in [1.82, 2.24) is 0 Å². The molecule has 0 aliphatic heterocycles. The van der Waals surface area contributed by atoms with Gasteiger partial charge in [0, 0.05) is 36.9 Å². The van der Waals surface area contributed by atoms with Crippen LogP contribution in [0.5, 0.6) is 0 Å². The van der Waals surface area contributed by atoms with Crippen LogP contribution in [0.4, 0.5) is 11.4 Å². The van der Waals surface area contributed by atoms with E-state index < -0.39 is 0 Å². The van der Waals surface area contributed by atoms with Gasteiger partial charge in [-0.1, -0.05) is 72.8 Å². The van der Waals surface area contributed by atoms with Gasteiger partial charge in [-0.25, -0.2) is 0 Å². The third-order valence-electron chi connectivity index (χ3n) is 5.66. The monoisotopic (exact) mass is 401 g/mol. The second-order valence-corrected chi connectivity index (χ2v) is 8.59. The third-order valence-corrected chi connectivity index (χ3v) is 6.82. The maximum atomic E-state index is 3.58. The molecule has 0 spiro atoms. The lowest BCUT2D eigenvalue weighted by molar-refractivity contribution is 1.57. The molecule has 0 atom stereocenters. The predicted molar refractivity (Wildman–Crippen MR) is 132 cm³/mol. The molecule has 6 aromatic rings. The number of rotatable bonds is 3. The van der Waals surface area contributed by atoms with E-state index >= 15 is 0 Å². The fourth-order valence-electron chi connectivity index (χ4n) is 4.23. The van der Waals surface area contributed by atoms with Gasteiger partial charge in [-0.05, 0) is 52.9 Å². The molecule has 0 aliphatic carbocycles. The van der Waals surface area contributed by atoms with Crippen LogP contribution in [0.3, 0.4) is 0 Å². The summed E-state index contributed by atoms with van der Waals surface area (Å²) in [5.41, 5.74) is 4.75. The maximum absolute atomic E-state index is 3.58. The molecule has 0 aliphatic rings. The van der Waals surface area contributed by atoms with Crippen molar-refractivity contribution in [1.29, 1.82) is 0 Å². The minimum absolute atomic E-state index is 1.10. The summed E-state index contributed by atoms with van der Waals surface area (Å²) in [6, 6.07) is 39.0. The van der Waals surface area contributed by atoms with E-state index in [1.165, 1.54) is 42.1 Å². The molecule has 0 bridgehead atoms. The Kier molecular flexibility index (Phi) is 4.03. The van der Waals surface area contributed by atoms with Crippen LogP contribution in [0.1, 0.15) is 0 Å². The fourth-order valence-corrected chi connectivity index (χ4v) is 5.32. The summed E-state index contributed by atoms with van der Waals surface area (Å²) in [7, 11) is 0. The van der Waals surface area contributed by atoms with E-state index in [2.05, 4.69) is 108 Å². The number of thiophene rings is 1. The number of benzene rings is 5. The number of hydrogen-bond donors (Lipinski definition) is 1. The van der Waals surface area contributed by atoms with E-state index in [1.54, 1.807) is 0 Å². The summed E-state index contributed by atoms with van der Waals surface area (Å²) < 4.78 is 2.68. The van der Waals surface area contributed by atoms with Gasteiger partial charge in [0.2, 0.25) is 0 Å². The standard InChI is InChI=1S/C28H19NS/c1-2-8-20(9-3-1)29-26-16-15-21(22-10-4-5-11-23(22)26)19-14-17-28-25(18-19)24-12-6-7-13-27(24)30-28/h1-18,29H. The smallest absolute Gasteiger partial charge is 0.0464 e. The minimum atomic E-state index is 1.10. The summed E-state index contributed by atoms with van der Waals surface area (Å²) in [6.07, 6.45) is 0. The number of nitrogens with one attached hydrogen (secondary N) is 1. The van der Waals surface area contributed by atoms with Gasteiger partial charge in [-0.15, -0.1) is 11.3 Å². The molecule has 0 unspecified atom stereocenters. The van der Waals surface area contributed by atoms with Crippen molar-refractivity contribution in [3.63, 3.8) is 0 Å². The van der Waals surface area contributed by atoms with Gasteiger partial charge in [0.25, 0.3) is 0 Å². The molecule has 2 heteroatoms. The maximum Gasteiger partial charge on any atom is 0.0464 e. The molecule has 0 saturated heterocycles. The number of para-hydroxylation sites is 1. The van der Waals surface area contributed by atoms with Crippen LogP contribution >= 0.6 is 11.3 Å². The lowest BCUT2D eigenvalue weighted by atomic mass is 9.96. The highest BCUT2D eigenvalue weighted by Gasteiger charge is 2.11. The highest BCUT2D eigenvalue weighted by atomic mass is 32.1. The summed E-state index contributed by atoms with van der Waals surface area (Å²) in [5, 5.41) is 8.74. The molecular weight excluding hydrogens is 382 g/mol. The molecular formula is C28H19NS. The van der Waals surface area contributed by atoms with Gasteiger partial charge in [0.1, 0.15) is 0 Å². The Balaban J connectivity index is 1.53. The van der Waals surface area contributed by atoms with E-state index in [0.29, 0.717) is 0 Å². The highest BCUT2D eigenvalue weighted by molar-refractivity contribution is 7.25. The fraction of sp³-hybridized carbons (Fsp3) is 0. The van der Waals surface area contributed by atoms with Crippen molar-refractivity contribution in [2.75, 3.05) is 5.32 Å². The lowest BCUT2D eigenvalue weighted by Gasteiger charge is -2.14. The largest absolute Gasteiger partial charge is 0.355 e. The lowest BCUT2D eigenvalue weighted by Crippen LogP contribution is -1.92. The van der Waals surface area contributed by atoms with E-state index in [0.717, 1.165) is 11.4 Å². The van der Waals surface area contributed by atoms with Crippen molar-refractivity contribution in [3.8, 4) is 11.1 Å².